The van der Waals surface area contributed by atoms with Gasteiger partial charge in [-0.15, -0.1) is 0 Å². The van der Waals surface area contributed by atoms with Gasteiger partial charge in [0.15, 0.2) is 0 Å². The minimum absolute atomic E-state index is 0. The SMILES string of the molecule is [CaH2].[I][Pb][I].[Ti]. The zero-order valence-corrected chi connectivity index (χ0v) is 11.5. The molecule has 0 N–H and O–H groups in total. The quantitative estimate of drug-likeness (QED) is 0.304. The van der Waals surface area contributed by atoms with E-state index in [0.717, 1.165) is 0 Å². The molecule has 0 aliphatic carbocycles. The normalized spacial score (nSPS) is 3.60. The molecule has 0 fully saturated rings. The van der Waals surface area contributed by atoms with E-state index in [1.807, 2.05) is 0 Å². The summed E-state index contributed by atoms with van der Waals surface area (Å²) in [4.78, 5) is 0. The first kappa shape index (κ1) is 16.2. The first-order valence-electron chi connectivity index (χ1n) is 0.378. The van der Waals surface area contributed by atoms with Crippen LogP contribution in [0.1, 0.15) is 0 Å². The van der Waals surface area contributed by atoms with Gasteiger partial charge in [-0.25, -0.2) is 0 Å². The molecule has 0 saturated heterocycles. The Labute approximate surface area is 107 Å². The van der Waals surface area contributed by atoms with E-state index < -0.39 is 0 Å². The molecule has 0 nitrogen and oxygen atoms in total. The summed E-state index contributed by atoms with van der Waals surface area (Å²) in [6.07, 6.45) is 0. The van der Waals surface area contributed by atoms with Gasteiger partial charge in [-0.1, -0.05) is 0 Å². The Morgan fingerprint density at radius 1 is 1.20 bits per heavy atom. The largest absolute Gasteiger partial charge is 0 e. The van der Waals surface area contributed by atoms with Crippen LogP contribution in [-0.4, -0.2) is 53.4 Å². The Kier molecular flexibility index (Phi) is 51.0. The van der Waals surface area contributed by atoms with Crippen molar-refractivity contribution in [3.63, 3.8) is 0 Å². The van der Waals surface area contributed by atoms with Crippen molar-refractivity contribution in [2.24, 2.45) is 0 Å². The van der Waals surface area contributed by atoms with Crippen LogP contribution in [0.4, 0.5) is 0 Å². The monoisotopic (exact) mass is 552 g/mol. The van der Waals surface area contributed by atoms with Crippen molar-refractivity contribution >= 4 is 88.9 Å². The van der Waals surface area contributed by atoms with E-state index in [9.17, 15) is 0 Å². The molecule has 26 valence electrons. The Balaban J connectivity index is -0.0000000200. The topological polar surface area (TPSA) is 0 Å². The first-order chi connectivity index (χ1) is 1.41. The summed E-state index contributed by atoms with van der Waals surface area (Å²) >= 11 is 4.96. The molecule has 0 amide bonds. The van der Waals surface area contributed by atoms with Crippen LogP contribution in [0.3, 0.4) is 0 Å². The van der Waals surface area contributed by atoms with Crippen molar-refractivity contribution in [2.45, 2.75) is 0 Å². The van der Waals surface area contributed by atoms with Crippen LogP contribution < -0.4 is 0 Å². The minimum atomic E-state index is 0. The van der Waals surface area contributed by atoms with E-state index in [1.165, 1.54) is 0 Å². The van der Waals surface area contributed by atoms with Gasteiger partial charge in [0.25, 0.3) is 0 Å². The van der Waals surface area contributed by atoms with Gasteiger partial charge in [0, 0.05) is 21.7 Å². The fourth-order valence-corrected chi connectivity index (χ4v) is 0. The number of rotatable bonds is 0. The fourth-order valence-electron chi connectivity index (χ4n) is 0. The molecule has 0 unspecified atom stereocenters. The third kappa shape index (κ3) is 17.8. The summed E-state index contributed by atoms with van der Waals surface area (Å²) in [5.41, 5.74) is 0. The van der Waals surface area contributed by atoms with E-state index in [2.05, 4.69) is 35.5 Å². The summed E-state index contributed by atoms with van der Waals surface area (Å²) in [6, 6.07) is 0. The Morgan fingerprint density at radius 3 is 1.20 bits per heavy atom. The summed E-state index contributed by atoms with van der Waals surface area (Å²) in [5, 5.41) is 0. The molecule has 5 heteroatoms. The molecule has 0 spiro atoms. The fraction of sp³-hybridized carbons (Fsp3) is 0. The molecule has 0 aliphatic rings. The van der Waals surface area contributed by atoms with E-state index >= 15 is 0 Å². The first-order valence-corrected chi connectivity index (χ1v) is 22.2. The molecule has 0 saturated carbocycles. The molecule has 0 aromatic rings. The second kappa shape index (κ2) is 15.8. The van der Waals surface area contributed by atoms with E-state index in [-0.39, 0.29) is 75.1 Å². The van der Waals surface area contributed by atoms with Crippen molar-refractivity contribution in [2.75, 3.05) is 0 Å². The molecule has 0 rings (SSSR count). The average molecular weight is 551 g/mol. The van der Waals surface area contributed by atoms with Crippen LogP contribution in [0, 0.1) is 0 Å². The molecule has 5 heavy (non-hydrogen) atoms. The van der Waals surface area contributed by atoms with Crippen molar-refractivity contribution in [1.29, 1.82) is 0 Å². The van der Waals surface area contributed by atoms with Crippen LogP contribution in [0.15, 0.2) is 0 Å². The van der Waals surface area contributed by atoms with Gasteiger partial charge in [-0.2, -0.15) is 0 Å². The second-order valence-corrected chi connectivity index (χ2v) is 28.2. The summed E-state index contributed by atoms with van der Waals surface area (Å²) in [7, 11) is 0. The molecule has 0 aromatic heterocycles. The number of hydrogen-bond acceptors (Lipinski definition) is 0. The van der Waals surface area contributed by atoms with E-state index in [1.54, 1.807) is 0 Å². The molecule has 0 aliphatic heterocycles. The van der Waals surface area contributed by atoms with Crippen molar-refractivity contribution in [1.82, 2.24) is 0 Å². The van der Waals surface area contributed by atoms with Gasteiger partial charge >= 0.3 is 88.9 Å². The van der Waals surface area contributed by atoms with Gasteiger partial charge in [0.1, 0.15) is 0 Å². The van der Waals surface area contributed by atoms with Crippen LogP contribution in [-0.2, 0) is 21.7 Å². The third-order valence-corrected chi connectivity index (χ3v) is 0. The van der Waals surface area contributed by atoms with Crippen molar-refractivity contribution in [3.8, 4) is 0 Å². The molecule has 2 radical (unpaired) electrons. The molecular formula is H2CaI2PbTi. The molecule has 0 atom stereocenters. The summed E-state index contributed by atoms with van der Waals surface area (Å²) in [5.74, 6) is 0. The standard InChI is InChI=1S/Ca.2HI.Pb.Ti.2H/h;2*1H;;;;/q;;;+2;;;/p-2. The van der Waals surface area contributed by atoms with Gasteiger partial charge in [0.2, 0.25) is 0 Å². The van der Waals surface area contributed by atoms with Crippen molar-refractivity contribution < 1.29 is 21.7 Å². The maximum atomic E-state index is 2.47. The Bertz CT molecular complexity index is 9.61. The summed E-state index contributed by atoms with van der Waals surface area (Å²) < 4.78 is 0. The Morgan fingerprint density at radius 2 is 1.20 bits per heavy atom. The predicted molar refractivity (Wildman–Crippen MR) is 42.3 cm³/mol. The van der Waals surface area contributed by atoms with Crippen LogP contribution in [0.5, 0.6) is 0 Å². The minimum Gasteiger partial charge on any atom is 0 e. The molecule has 0 aromatic carbocycles. The van der Waals surface area contributed by atoms with Crippen molar-refractivity contribution in [3.05, 3.63) is 0 Å². The zero-order valence-electron chi connectivity index (χ0n) is 1.76. The number of hydrogen-bond donors (Lipinski definition) is 0. The molecule has 0 bridgehead atoms. The van der Waals surface area contributed by atoms with Gasteiger partial charge in [-0.3, -0.25) is 0 Å². The van der Waals surface area contributed by atoms with Crippen LogP contribution in [0.25, 0.3) is 0 Å². The van der Waals surface area contributed by atoms with Crippen LogP contribution in [0.2, 0.25) is 0 Å². The zero-order chi connectivity index (χ0) is 2.71. The molecule has 0 heterocycles. The van der Waals surface area contributed by atoms with E-state index in [4.69, 9.17) is 0 Å². The predicted octanol–water partition coefficient (Wildman–Crippen LogP) is 0.472. The maximum absolute atomic E-state index is 2.47. The van der Waals surface area contributed by atoms with Gasteiger partial charge in [-0.05, 0) is 0 Å². The maximum Gasteiger partial charge on any atom is 0 e. The second-order valence-electron chi connectivity index (χ2n) is 0.0714. The molecular weight excluding hydrogens is 549 g/mol. The average Bonchev–Trinajstić information content (AvgIpc) is 0.918. The third-order valence-electron chi connectivity index (χ3n) is 0. The number of halogens is 2. The van der Waals surface area contributed by atoms with Gasteiger partial charge < -0.3 is 0 Å². The van der Waals surface area contributed by atoms with E-state index in [0.29, 0.717) is 0 Å². The van der Waals surface area contributed by atoms with Gasteiger partial charge in [0.05, 0.1) is 0 Å². The Hall–Kier alpha value is 4.36. The summed E-state index contributed by atoms with van der Waals surface area (Å²) in [6.45, 7) is 0. The van der Waals surface area contributed by atoms with Crippen LogP contribution >= 0.6 is 35.5 Å². The smallest absolute Gasteiger partial charge is 0 e.